The number of aliphatic hydroxyl groups is 1. The first-order valence-electron chi connectivity index (χ1n) is 2.48. The van der Waals surface area contributed by atoms with Gasteiger partial charge in [-0.25, -0.2) is 4.39 Å². The average Bonchev–Trinajstić information content (AvgIpc) is 1.67. The van der Waals surface area contributed by atoms with Crippen LogP contribution in [0.5, 0.6) is 0 Å². The van der Waals surface area contributed by atoms with Crippen LogP contribution in [0.1, 0.15) is 13.3 Å². The van der Waals surface area contributed by atoms with Crippen LogP contribution in [0.3, 0.4) is 0 Å². The van der Waals surface area contributed by atoms with Crippen molar-refractivity contribution in [1.29, 1.82) is 0 Å². The molecule has 0 radical (unpaired) electrons. The van der Waals surface area contributed by atoms with Crippen molar-refractivity contribution in [3.8, 4) is 0 Å². The molecule has 1 unspecified atom stereocenters. The van der Waals surface area contributed by atoms with Crippen molar-refractivity contribution in [1.82, 2.24) is 0 Å². The van der Waals surface area contributed by atoms with E-state index in [4.69, 9.17) is 5.11 Å². The summed E-state index contributed by atoms with van der Waals surface area (Å²) in [7, 11) is 0. The van der Waals surface area contributed by atoms with Gasteiger partial charge in [0.2, 0.25) is 0 Å². The van der Waals surface area contributed by atoms with Crippen LogP contribution in [0.2, 0.25) is 0 Å². The van der Waals surface area contributed by atoms with E-state index in [1.54, 1.807) is 0 Å². The lowest BCUT2D eigenvalue weighted by Gasteiger charge is -2.13. The maximum absolute atomic E-state index is 12.6. The predicted octanol–water partition coefficient (Wildman–Crippen LogP) is 1.49. The van der Waals surface area contributed by atoms with Crippen molar-refractivity contribution in [2.45, 2.75) is 19.0 Å². The van der Waals surface area contributed by atoms with Gasteiger partial charge in [-0.2, -0.15) is 0 Å². The smallest absolute Gasteiger partial charge is 0.120 e. The van der Waals surface area contributed by atoms with Crippen molar-refractivity contribution in [2.75, 3.05) is 11.9 Å². The molecule has 3 heteroatoms. The van der Waals surface area contributed by atoms with Crippen LogP contribution in [0.25, 0.3) is 0 Å². The summed E-state index contributed by atoms with van der Waals surface area (Å²) < 4.78 is 12.6. The molecule has 0 saturated heterocycles. The molecule has 0 aliphatic heterocycles. The Labute approximate surface area is 57.0 Å². The Bertz CT molecular complexity index is 65.4. The van der Waals surface area contributed by atoms with Gasteiger partial charge < -0.3 is 5.11 Å². The highest BCUT2D eigenvalue weighted by molar-refractivity contribution is 9.09. The van der Waals surface area contributed by atoms with Crippen LogP contribution in [0.4, 0.5) is 4.39 Å². The number of halogens is 2. The Morgan fingerprint density at radius 2 is 2.25 bits per heavy atom. The largest absolute Gasteiger partial charge is 0.396 e. The predicted molar refractivity (Wildman–Crippen MR) is 35.0 cm³/mol. The maximum atomic E-state index is 12.6. The monoisotopic (exact) mass is 184 g/mol. The molecular formula is C5H10BrFO. The lowest BCUT2D eigenvalue weighted by atomic mass is 10.1. The number of alkyl halides is 2. The highest BCUT2D eigenvalue weighted by atomic mass is 79.9. The Balaban J connectivity index is 3.37. The van der Waals surface area contributed by atoms with Gasteiger partial charge in [0.25, 0.3) is 0 Å². The first-order valence-corrected chi connectivity index (χ1v) is 3.60. The zero-order valence-corrected chi connectivity index (χ0v) is 6.41. The quantitative estimate of drug-likeness (QED) is 0.660. The van der Waals surface area contributed by atoms with E-state index in [9.17, 15) is 4.39 Å². The third-order valence-electron chi connectivity index (χ3n) is 0.912. The van der Waals surface area contributed by atoms with Gasteiger partial charge in [0.1, 0.15) is 5.67 Å². The van der Waals surface area contributed by atoms with Crippen molar-refractivity contribution < 1.29 is 9.50 Å². The first-order chi connectivity index (χ1) is 3.62. The summed E-state index contributed by atoms with van der Waals surface area (Å²) in [6.07, 6.45) is 0.207. The van der Waals surface area contributed by atoms with Crippen LogP contribution in [-0.4, -0.2) is 22.7 Å². The standard InChI is InChI=1S/C5H10BrFO/c1-5(7,4-6)2-3-8/h8H,2-4H2,1H3. The van der Waals surface area contributed by atoms with E-state index in [1.165, 1.54) is 6.92 Å². The Morgan fingerprint density at radius 1 is 1.75 bits per heavy atom. The lowest BCUT2D eigenvalue weighted by molar-refractivity contribution is 0.158. The van der Waals surface area contributed by atoms with Gasteiger partial charge in [0.15, 0.2) is 0 Å². The van der Waals surface area contributed by atoms with Crippen LogP contribution in [-0.2, 0) is 0 Å². The van der Waals surface area contributed by atoms with E-state index >= 15 is 0 Å². The highest BCUT2D eigenvalue weighted by Gasteiger charge is 2.19. The molecule has 0 heterocycles. The third-order valence-corrected chi connectivity index (χ3v) is 2.08. The molecule has 0 spiro atoms. The normalized spacial score (nSPS) is 18.0. The molecule has 0 aromatic carbocycles. The number of hydrogen-bond donors (Lipinski definition) is 1. The Hall–Kier alpha value is 0.370. The van der Waals surface area contributed by atoms with E-state index in [2.05, 4.69) is 15.9 Å². The van der Waals surface area contributed by atoms with Crippen LogP contribution >= 0.6 is 15.9 Å². The fourth-order valence-corrected chi connectivity index (χ4v) is 0.580. The van der Waals surface area contributed by atoms with Crippen LogP contribution in [0, 0.1) is 0 Å². The molecule has 50 valence electrons. The molecule has 1 N–H and O–H groups in total. The van der Waals surface area contributed by atoms with Gasteiger partial charge in [-0.3, -0.25) is 0 Å². The second-order valence-corrected chi connectivity index (χ2v) is 2.58. The molecule has 0 aromatic rings. The topological polar surface area (TPSA) is 20.2 Å². The zero-order chi connectivity index (χ0) is 6.62. The minimum absolute atomic E-state index is 0.0847. The van der Waals surface area contributed by atoms with Crippen molar-refractivity contribution >= 4 is 15.9 Å². The van der Waals surface area contributed by atoms with Crippen molar-refractivity contribution in [3.63, 3.8) is 0 Å². The second kappa shape index (κ2) is 3.41. The summed E-state index contributed by atoms with van der Waals surface area (Å²) in [6.45, 7) is 1.37. The van der Waals surface area contributed by atoms with E-state index in [0.717, 1.165) is 0 Å². The molecule has 0 fully saturated rings. The molecule has 1 nitrogen and oxygen atoms in total. The van der Waals surface area contributed by atoms with Crippen LogP contribution in [0.15, 0.2) is 0 Å². The SMILES string of the molecule is CC(F)(CBr)CCO. The fraction of sp³-hybridized carbons (Fsp3) is 1.00. The van der Waals surface area contributed by atoms with E-state index in [1.807, 2.05) is 0 Å². The maximum Gasteiger partial charge on any atom is 0.120 e. The van der Waals surface area contributed by atoms with Gasteiger partial charge in [-0.1, -0.05) is 15.9 Å². The highest BCUT2D eigenvalue weighted by Crippen LogP contribution is 2.16. The zero-order valence-electron chi connectivity index (χ0n) is 4.82. The van der Waals surface area contributed by atoms with Crippen molar-refractivity contribution in [3.05, 3.63) is 0 Å². The van der Waals surface area contributed by atoms with E-state index in [-0.39, 0.29) is 13.0 Å². The second-order valence-electron chi connectivity index (χ2n) is 2.02. The van der Waals surface area contributed by atoms with Crippen LogP contribution < -0.4 is 0 Å². The fourth-order valence-electron chi connectivity index (χ4n) is 0.300. The first kappa shape index (κ1) is 8.37. The van der Waals surface area contributed by atoms with Gasteiger partial charge in [-0.15, -0.1) is 0 Å². The summed E-state index contributed by atoms with van der Waals surface area (Å²) in [5.41, 5.74) is -1.24. The van der Waals surface area contributed by atoms with Crippen molar-refractivity contribution in [2.24, 2.45) is 0 Å². The summed E-state index contributed by atoms with van der Waals surface area (Å²) in [5.74, 6) is 0. The minimum Gasteiger partial charge on any atom is -0.396 e. The summed E-state index contributed by atoms with van der Waals surface area (Å²) in [4.78, 5) is 0. The summed E-state index contributed by atoms with van der Waals surface area (Å²) >= 11 is 2.99. The molecule has 8 heavy (non-hydrogen) atoms. The molecular weight excluding hydrogens is 175 g/mol. The molecule has 0 saturated carbocycles. The molecule has 0 aromatic heterocycles. The molecule has 0 rings (SSSR count). The van der Waals surface area contributed by atoms with E-state index < -0.39 is 5.67 Å². The van der Waals surface area contributed by atoms with Gasteiger partial charge in [0.05, 0.1) is 0 Å². The lowest BCUT2D eigenvalue weighted by Crippen LogP contribution is -2.20. The molecule has 0 aliphatic rings. The molecule has 0 aliphatic carbocycles. The van der Waals surface area contributed by atoms with Gasteiger partial charge in [0, 0.05) is 18.4 Å². The minimum atomic E-state index is -1.24. The number of hydrogen-bond acceptors (Lipinski definition) is 1. The summed E-state index contributed by atoms with van der Waals surface area (Å²) in [5, 5.41) is 8.56. The van der Waals surface area contributed by atoms with Gasteiger partial charge >= 0.3 is 0 Å². The van der Waals surface area contributed by atoms with E-state index in [0.29, 0.717) is 5.33 Å². The van der Waals surface area contributed by atoms with Gasteiger partial charge in [-0.05, 0) is 6.92 Å². The summed E-state index contributed by atoms with van der Waals surface area (Å²) in [6, 6.07) is 0. The Morgan fingerprint density at radius 3 is 2.38 bits per heavy atom. The molecule has 0 bridgehead atoms. The number of aliphatic hydroxyl groups excluding tert-OH is 1. The third kappa shape index (κ3) is 3.38. The number of rotatable bonds is 3. The molecule has 0 amide bonds. The Kier molecular flexibility index (Phi) is 3.56. The average molecular weight is 185 g/mol. The molecule has 1 atom stereocenters.